The smallest absolute Gasteiger partial charge is 0.248 e. The number of rotatable bonds is 2. The lowest BCUT2D eigenvalue weighted by Gasteiger charge is -2.27. The number of benzene rings is 1. The first kappa shape index (κ1) is 12.7. The zero-order valence-corrected chi connectivity index (χ0v) is 11.7. The van der Waals surface area contributed by atoms with E-state index >= 15 is 0 Å². The molecule has 0 saturated carbocycles. The predicted octanol–water partition coefficient (Wildman–Crippen LogP) is 0.781. The second kappa shape index (κ2) is 4.48. The molecule has 2 aromatic rings. The number of nitrogens with one attached hydrogen (secondary N) is 1. The summed E-state index contributed by atoms with van der Waals surface area (Å²) in [4.78, 5) is 16.1. The first-order valence-electron chi connectivity index (χ1n) is 6.72. The van der Waals surface area contributed by atoms with Gasteiger partial charge in [0, 0.05) is 5.70 Å². The molecule has 0 fully saturated rings. The minimum absolute atomic E-state index is 0.192. The average Bonchev–Trinajstić information content (AvgIpc) is 3.12. The summed E-state index contributed by atoms with van der Waals surface area (Å²) in [6.07, 6.45) is 1.43. The number of hydrogen-bond acceptors (Lipinski definition) is 6. The van der Waals surface area contributed by atoms with Crippen LogP contribution in [0.5, 0.6) is 11.5 Å². The third-order valence-electron chi connectivity index (χ3n) is 3.77. The van der Waals surface area contributed by atoms with Crippen molar-refractivity contribution in [2.24, 2.45) is 5.73 Å². The molecule has 0 bridgehead atoms. The fourth-order valence-electron chi connectivity index (χ4n) is 2.80. The molecule has 0 radical (unpaired) electrons. The van der Waals surface area contributed by atoms with Crippen LogP contribution in [0.15, 0.2) is 35.8 Å². The number of amides is 1. The topological polar surface area (TPSA) is 104 Å². The van der Waals surface area contributed by atoms with Gasteiger partial charge in [0.05, 0.1) is 5.57 Å². The molecule has 8 nitrogen and oxygen atoms in total. The maximum atomic E-state index is 11.9. The Bertz CT molecular complexity index is 811. The van der Waals surface area contributed by atoms with Crippen molar-refractivity contribution < 1.29 is 14.3 Å². The van der Waals surface area contributed by atoms with Crippen LogP contribution in [0.2, 0.25) is 0 Å². The second-order valence-electron chi connectivity index (χ2n) is 5.07. The highest BCUT2D eigenvalue weighted by Gasteiger charge is 2.33. The molecule has 1 amide bonds. The first-order valence-corrected chi connectivity index (χ1v) is 6.72. The van der Waals surface area contributed by atoms with Gasteiger partial charge in [-0.2, -0.15) is 10.1 Å². The lowest BCUT2D eigenvalue weighted by Crippen LogP contribution is -2.31. The molecular formula is C14H13N5O3. The molecule has 1 aromatic carbocycles. The van der Waals surface area contributed by atoms with E-state index in [0.29, 0.717) is 28.7 Å². The molecule has 4 rings (SSSR count). The lowest BCUT2D eigenvalue weighted by atomic mass is 9.95. The van der Waals surface area contributed by atoms with Gasteiger partial charge in [0.15, 0.2) is 11.5 Å². The summed E-state index contributed by atoms with van der Waals surface area (Å²) < 4.78 is 12.4. The molecule has 1 aromatic heterocycles. The van der Waals surface area contributed by atoms with E-state index in [9.17, 15) is 4.79 Å². The molecule has 3 N–H and O–H groups in total. The van der Waals surface area contributed by atoms with Gasteiger partial charge in [-0.15, -0.1) is 0 Å². The molecule has 2 aliphatic rings. The zero-order valence-electron chi connectivity index (χ0n) is 11.7. The number of fused-ring (bicyclic) bond motifs is 2. The third kappa shape index (κ3) is 1.73. The Balaban J connectivity index is 1.89. The maximum absolute atomic E-state index is 11.9. The van der Waals surface area contributed by atoms with E-state index in [0.717, 1.165) is 5.56 Å². The van der Waals surface area contributed by atoms with Gasteiger partial charge in [-0.1, -0.05) is 6.07 Å². The molecule has 0 aliphatic carbocycles. The highest BCUT2D eigenvalue weighted by Crippen LogP contribution is 2.39. The van der Waals surface area contributed by atoms with Crippen molar-refractivity contribution >= 4 is 11.9 Å². The van der Waals surface area contributed by atoms with Gasteiger partial charge in [-0.05, 0) is 24.6 Å². The second-order valence-corrected chi connectivity index (χ2v) is 5.07. The zero-order chi connectivity index (χ0) is 15.3. The number of anilines is 1. The van der Waals surface area contributed by atoms with Crippen molar-refractivity contribution in [1.29, 1.82) is 0 Å². The molecule has 112 valence electrons. The van der Waals surface area contributed by atoms with Crippen LogP contribution in [0.3, 0.4) is 0 Å². The fourth-order valence-corrected chi connectivity index (χ4v) is 2.80. The van der Waals surface area contributed by atoms with Crippen LogP contribution in [-0.2, 0) is 4.79 Å². The number of aromatic nitrogens is 3. The van der Waals surface area contributed by atoms with E-state index in [1.807, 2.05) is 18.2 Å². The summed E-state index contributed by atoms with van der Waals surface area (Å²) >= 11 is 0. The fraction of sp³-hybridized carbons (Fsp3) is 0.214. The van der Waals surface area contributed by atoms with Crippen molar-refractivity contribution in [2.75, 3.05) is 12.1 Å². The third-order valence-corrected chi connectivity index (χ3v) is 3.77. The van der Waals surface area contributed by atoms with Gasteiger partial charge in [0.25, 0.3) is 0 Å². The number of carbonyl (C=O) groups is 1. The summed E-state index contributed by atoms with van der Waals surface area (Å²) in [6, 6.07) is 5.06. The molecule has 22 heavy (non-hydrogen) atoms. The van der Waals surface area contributed by atoms with Crippen LogP contribution >= 0.6 is 0 Å². The number of ether oxygens (including phenoxy) is 2. The highest BCUT2D eigenvalue weighted by molar-refractivity contribution is 5.95. The molecular weight excluding hydrogens is 286 g/mol. The Hall–Kier alpha value is -3.03. The Morgan fingerprint density at radius 2 is 2.23 bits per heavy atom. The number of nitrogens with zero attached hydrogens (tertiary/aromatic N) is 3. The molecule has 1 atom stereocenters. The Morgan fingerprint density at radius 1 is 1.41 bits per heavy atom. The quantitative estimate of drug-likeness (QED) is 0.849. The van der Waals surface area contributed by atoms with Crippen LogP contribution in [0.25, 0.3) is 0 Å². The molecule has 0 unspecified atom stereocenters. The monoisotopic (exact) mass is 299 g/mol. The summed E-state index contributed by atoms with van der Waals surface area (Å²) in [5.74, 6) is 1.37. The van der Waals surface area contributed by atoms with Gasteiger partial charge in [0.1, 0.15) is 12.4 Å². The average molecular weight is 299 g/mol. The van der Waals surface area contributed by atoms with Crippen LogP contribution < -0.4 is 20.5 Å². The standard InChI is InChI=1S/C14H13N5O3/c1-7-11(13(15)20)12(19-14(18-7)16-5-17-19)8-2-3-9-10(4-8)22-6-21-9/h2-5,12H,6H2,1H3,(H2,15,20)(H,16,17,18)/t12-/m0/s1. The molecule has 2 aliphatic heterocycles. The number of primary amides is 1. The minimum atomic E-state index is -0.506. The Kier molecular flexibility index (Phi) is 2.59. The van der Waals surface area contributed by atoms with Crippen LogP contribution in [0, 0.1) is 0 Å². The van der Waals surface area contributed by atoms with E-state index in [4.69, 9.17) is 15.2 Å². The van der Waals surface area contributed by atoms with Gasteiger partial charge in [0.2, 0.25) is 18.6 Å². The van der Waals surface area contributed by atoms with E-state index in [1.165, 1.54) is 6.33 Å². The molecule has 0 saturated heterocycles. The van der Waals surface area contributed by atoms with Gasteiger partial charge >= 0.3 is 0 Å². The number of allylic oxidation sites excluding steroid dienone is 1. The minimum Gasteiger partial charge on any atom is -0.454 e. The maximum Gasteiger partial charge on any atom is 0.248 e. The summed E-state index contributed by atoms with van der Waals surface area (Å²) in [7, 11) is 0. The lowest BCUT2D eigenvalue weighted by molar-refractivity contribution is -0.115. The van der Waals surface area contributed by atoms with Crippen LogP contribution in [0.1, 0.15) is 18.5 Å². The van der Waals surface area contributed by atoms with Crippen molar-refractivity contribution in [3.8, 4) is 11.5 Å². The van der Waals surface area contributed by atoms with Crippen LogP contribution in [-0.4, -0.2) is 27.5 Å². The molecule has 0 spiro atoms. The Morgan fingerprint density at radius 3 is 3.05 bits per heavy atom. The van der Waals surface area contributed by atoms with Crippen molar-refractivity contribution in [1.82, 2.24) is 14.8 Å². The van der Waals surface area contributed by atoms with E-state index < -0.39 is 11.9 Å². The van der Waals surface area contributed by atoms with Gasteiger partial charge < -0.3 is 20.5 Å². The number of carbonyl (C=O) groups excluding carboxylic acids is 1. The van der Waals surface area contributed by atoms with Crippen molar-refractivity contribution in [3.63, 3.8) is 0 Å². The summed E-state index contributed by atoms with van der Waals surface area (Å²) in [6.45, 7) is 1.98. The van der Waals surface area contributed by atoms with E-state index in [2.05, 4.69) is 15.4 Å². The number of hydrogen-bond donors (Lipinski definition) is 2. The van der Waals surface area contributed by atoms with Gasteiger partial charge in [-0.3, -0.25) is 4.79 Å². The van der Waals surface area contributed by atoms with Crippen molar-refractivity contribution in [2.45, 2.75) is 13.0 Å². The van der Waals surface area contributed by atoms with Gasteiger partial charge in [-0.25, -0.2) is 4.68 Å². The molecule has 8 heteroatoms. The predicted molar refractivity (Wildman–Crippen MR) is 76.2 cm³/mol. The SMILES string of the molecule is CC1=C(C(N)=O)[C@H](c2ccc3c(c2)OCO3)n2ncnc2N1. The molecule has 3 heterocycles. The van der Waals surface area contributed by atoms with E-state index in [-0.39, 0.29) is 6.79 Å². The summed E-state index contributed by atoms with van der Waals surface area (Å²) in [5, 5.41) is 7.24. The largest absolute Gasteiger partial charge is 0.454 e. The normalized spacial score (nSPS) is 18.9. The summed E-state index contributed by atoms with van der Waals surface area (Å²) in [5.41, 5.74) is 7.50. The van der Waals surface area contributed by atoms with E-state index in [1.54, 1.807) is 11.6 Å². The first-order chi connectivity index (χ1) is 10.6. The Labute approximate surface area is 125 Å². The van der Waals surface area contributed by atoms with Crippen molar-refractivity contribution in [3.05, 3.63) is 41.4 Å². The van der Waals surface area contributed by atoms with Crippen LogP contribution in [0.4, 0.5) is 5.95 Å². The number of nitrogens with two attached hydrogens (primary N) is 1. The highest BCUT2D eigenvalue weighted by atomic mass is 16.7.